The zero-order valence-electron chi connectivity index (χ0n) is 9.86. The molecule has 0 atom stereocenters. The largest absolute Gasteiger partial charge is 0.481 e. The second-order valence-electron chi connectivity index (χ2n) is 3.67. The number of hydrogen-bond donors (Lipinski definition) is 1. The van der Waals surface area contributed by atoms with Gasteiger partial charge in [-0.2, -0.15) is 0 Å². The van der Waals surface area contributed by atoms with Crippen LogP contribution in [0.15, 0.2) is 0 Å². The fraction of sp³-hybridized carbons (Fsp3) is 0.727. The van der Waals surface area contributed by atoms with Gasteiger partial charge in [-0.25, -0.2) is 0 Å². The van der Waals surface area contributed by atoms with Crippen LogP contribution in [-0.2, 0) is 14.4 Å². The Morgan fingerprint density at radius 3 is 2.19 bits per heavy atom. The number of imide groups is 1. The minimum absolute atomic E-state index is 0.0771. The van der Waals surface area contributed by atoms with Crippen molar-refractivity contribution in [3.8, 4) is 0 Å². The minimum atomic E-state index is -0.853. The van der Waals surface area contributed by atoms with Crippen molar-refractivity contribution in [1.82, 2.24) is 4.90 Å². The maximum absolute atomic E-state index is 11.5. The number of hydrogen-bond acceptors (Lipinski definition) is 3. The molecule has 1 N–H and O–H groups in total. The molecule has 0 saturated heterocycles. The molecule has 0 aliphatic heterocycles. The maximum Gasteiger partial charge on any atom is 0.303 e. The van der Waals surface area contributed by atoms with Gasteiger partial charge in [0.25, 0.3) is 0 Å². The number of amides is 2. The first-order valence-electron chi connectivity index (χ1n) is 5.51. The molecule has 2 amide bonds. The topological polar surface area (TPSA) is 74.7 Å². The summed E-state index contributed by atoms with van der Waals surface area (Å²) in [5.41, 5.74) is 0. The Balaban J connectivity index is 4.00. The highest BCUT2D eigenvalue weighted by Gasteiger charge is 2.16. The van der Waals surface area contributed by atoms with E-state index in [1.165, 1.54) is 11.8 Å². The van der Waals surface area contributed by atoms with E-state index in [1.54, 1.807) is 0 Å². The number of rotatable bonds is 7. The predicted molar refractivity (Wildman–Crippen MR) is 58.8 cm³/mol. The van der Waals surface area contributed by atoms with Gasteiger partial charge in [0.05, 0.1) is 0 Å². The first-order valence-corrected chi connectivity index (χ1v) is 5.51. The van der Waals surface area contributed by atoms with Gasteiger partial charge in [-0.15, -0.1) is 0 Å². The zero-order chi connectivity index (χ0) is 12.6. The highest BCUT2D eigenvalue weighted by molar-refractivity contribution is 5.94. The van der Waals surface area contributed by atoms with Gasteiger partial charge in [0.15, 0.2) is 0 Å². The van der Waals surface area contributed by atoms with Gasteiger partial charge in [0, 0.05) is 26.3 Å². The van der Waals surface area contributed by atoms with Crippen LogP contribution < -0.4 is 0 Å². The second-order valence-corrected chi connectivity index (χ2v) is 3.67. The first-order chi connectivity index (χ1) is 7.49. The molecule has 5 nitrogen and oxygen atoms in total. The van der Waals surface area contributed by atoms with Crippen LogP contribution in [0, 0.1) is 0 Å². The van der Waals surface area contributed by atoms with E-state index in [0.29, 0.717) is 32.2 Å². The van der Waals surface area contributed by atoms with Crippen LogP contribution >= 0.6 is 0 Å². The molecule has 92 valence electrons. The van der Waals surface area contributed by atoms with Gasteiger partial charge in [-0.05, 0) is 19.3 Å². The Bertz CT molecular complexity index is 263. The van der Waals surface area contributed by atoms with E-state index in [4.69, 9.17) is 5.11 Å². The van der Waals surface area contributed by atoms with Crippen molar-refractivity contribution in [2.24, 2.45) is 0 Å². The number of nitrogens with zero attached hydrogens (tertiary/aromatic N) is 1. The van der Waals surface area contributed by atoms with E-state index in [1.807, 2.05) is 6.92 Å². The SMILES string of the molecule is CCCC(=O)N(CCCCC(=O)O)C(C)=O. The standard InChI is InChI=1S/C11H19NO4/c1-3-6-10(14)12(9(2)13)8-5-4-7-11(15)16/h3-8H2,1-2H3,(H,15,16). The summed E-state index contributed by atoms with van der Waals surface area (Å²) < 4.78 is 0. The van der Waals surface area contributed by atoms with Crippen molar-refractivity contribution in [3.63, 3.8) is 0 Å². The second kappa shape index (κ2) is 7.84. The molecule has 0 aliphatic rings. The predicted octanol–water partition coefficient (Wildman–Crippen LogP) is 1.42. The molecule has 0 aliphatic carbocycles. The van der Waals surface area contributed by atoms with Crippen LogP contribution in [0.5, 0.6) is 0 Å². The lowest BCUT2D eigenvalue weighted by molar-refractivity contribution is -0.143. The van der Waals surface area contributed by atoms with Crippen molar-refractivity contribution in [1.29, 1.82) is 0 Å². The van der Waals surface area contributed by atoms with Crippen molar-refractivity contribution in [3.05, 3.63) is 0 Å². The Labute approximate surface area is 95.4 Å². The molecule has 0 saturated carbocycles. The summed E-state index contributed by atoms with van der Waals surface area (Å²) in [6.07, 6.45) is 2.17. The van der Waals surface area contributed by atoms with E-state index >= 15 is 0 Å². The maximum atomic E-state index is 11.5. The summed E-state index contributed by atoms with van der Waals surface area (Å²) in [5, 5.41) is 8.43. The molecule has 5 heteroatoms. The van der Waals surface area contributed by atoms with E-state index in [2.05, 4.69) is 0 Å². The van der Waals surface area contributed by atoms with Gasteiger partial charge in [0.2, 0.25) is 11.8 Å². The van der Waals surface area contributed by atoms with Crippen LogP contribution in [0.25, 0.3) is 0 Å². The number of carbonyl (C=O) groups is 3. The van der Waals surface area contributed by atoms with Crippen LogP contribution in [0.3, 0.4) is 0 Å². The molecule has 0 spiro atoms. The number of carbonyl (C=O) groups excluding carboxylic acids is 2. The van der Waals surface area contributed by atoms with Gasteiger partial charge >= 0.3 is 5.97 Å². The smallest absolute Gasteiger partial charge is 0.303 e. The van der Waals surface area contributed by atoms with E-state index in [0.717, 1.165) is 0 Å². The summed E-state index contributed by atoms with van der Waals surface area (Å²) in [5.74, 6) is -1.30. The lowest BCUT2D eigenvalue weighted by Gasteiger charge is -2.18. The van der Waals surface area contributed by atoms with Gasteiger partial charge in [0.1, 0.15) is 0 Å². The summed E-state index contributed by atoms with van der Waals surface area (Å²) in [7, 11) is 0. The molecule has 0 bridgehead atoms. The van der Waals surface area contributed by atoms with Crippen molar-refractivity contribution in [2.75, 3.05) is 6.54 Å². The van der Waals surface area contributed by atoms with E-state index < -0.39 is 5.97 Å². The molecule has 0 radical (unpaired) electrons. The molecule has 0 fully saturated rings. The lowest BCUT2D eigenvalue weighted by Crippen LogP contribution is -2.35. The molecule has 0 unspecified atom stereocenters. The quantitative estimate of drug-likeness (QED) is 0.670. The van der Waals surface area contributed by atoms with Crippen molar-refractivity contribution in [2.45, 2.75) is 46.0 Å². The fourth-order valence-electron chi connectivity index (χ4n) is 1.35. The monoisotopic (exact) mass is 229 g/mol. The molecule has 0 aromatic carbocycles. The third-order valence-electron chi connectivity index (χ3n) is 2.17. The third kappa shape index (κ3) is 6.16. The Morgan fingerprint density at radius 2 is 1.75 bits per heavy atom. The van der Waals surface area contributed by atoms with Crippen LogP contribution in [0.2, 0.25) is 0 Å². The Kier molecular flexibility index (Phi) is 7.16. The average molecular weight is 229 g/mol. The molecular formula is C11H19NO4. The minimum Gasteiger partial charge on any atom is -0.481 e. The van der Waals surface area contributed by atoms with Crippen LogP contribution in [0.1, 0.15) is 46.0 Å². The molecule has 0 heterocycles. The normalized spacial score (nSPS) is 9.88. The molecule has 0 aromatic rings. The lowest BCUT2D eigenvalue weighted by atomic mass is 10.2. The summed E-state index contributed by atoms with van der Waals surface area (Å²) in [6.45, 7) is 3.55. The number of unbranched alkanes of at least 4 members (excludes halogenated alkanes) is 1. The van der Waals surface area contributed by atoms with Crippen LogP contribution in [-0.4, -0.2) is 34.3 Å². The van der Waals surface area contributed by atoms with Crippen LogP contribution in [0.4, 0.5) is 0 Å². The summed E-state index contributed by atoms with van der Waals surface area (Å²) >= 11 is 0. The number of aliphatic carboxylic acids is 1. The number of carboxylic acid groups (broad SMARTS) is 1. The van der Waals surface area contributed by atoms with E-state index in [-0.39, 0.29) is 18.2 Å². The van der Waals surface area contributed by atoms with Gasteiger partial charge < -0.3 is 5.11 Å². The third-order valence-corrected chi connectivity index (χ3v) is 2.17. The molecule has 0 aromatic heterocycles. The van der Waals surface area contributed by atoms with Gasteiger partial charge in [-0.3, -0.25) is 19.3 Å². The summed E-state index contributed by atoms with van der Waals surface area (Å²) in [4.78, 5) is 34.1. The first kappa shape index (κ1) is 14.6. The van der Waals surface area contributed by atoms with Crippen molar-refractivity contribution < 1.29 is 19.5 Å². The average Bonchev–Trinajstić information content (AvgIpc) is 2.16. The van der Waals surface area contributed by atoms with E-state index in [9.17, 15) is 14.4 Å². The van der Waals surface area contributed by atoms with Crippen molar-refractivity contribution >= 4 is 17.8 Å². The zero-order valence-corrected chi connectivity index (χ0v) is 9.86. The Hall–Kier alpha value is -1.39. The number of carboxylic acids is 1. The highest BCUT2D eigenvalue weighted by Crippen LogP contribution is 2.03. The summed E-state index contributed by atoms with van der Waals surface area (Å²) in [6, 6.07) is 0. The Morgan fingerprint density at radius 1 is 1.12 bits per heavy atom. The highest BCUT2D eigenvalue weighted by atomic mass is 16.4. The molecule has 0 rings (SSSR count). The molecular weight excluding hydrogens is 210 g/mol. The van der Waals surface area contributed by atoms with Gasteiger partial charge in [-0.1, -0.05) is 6.92 Å². The molecule has 16 heavy (non-hydrogen) atoms. The fourth-order valence-corrected chi connectivity index (χ4v) is 1.35.